The molecule has 2 rings (SSSR count). The summed E-state index contributed by atoms with van der Waals surface area (Å²) in [5.74, 6) is -1.11. The summed E-state index contributed by atoms with van der Waals surface area (Å²) in [7, 11) is 1.81. The van der Waals surface area contributed by atoms with Crippen LogP contribution in [0.4, 0.5) is 0 Å². The number of aryl methyl sites for hydroxylation is 2. The molecule has 0 fully saturated rings. The smallest absolute Gasteiger partial charge is 0.313 e. The van der Waals surface area contributed by atoms with Crippen LogP contribution in [0.2, 0.25) is 0 Å². The number of nitrogens with zero attached hydrogens (tertiary/aromatic N) is 4. The van der Waals surface area contributed by atoms with Gasteiger partial charge in [-0.15, -0.1) is 0 Å². The summed E-state index contributed by atoms with van der Waals surface area (Å²) in [4.78, 5) is 25.9. The second-order valence-electron chi connectivity index (χ2n) is 4.09. The highest BCUT2D eigenvalue weighted by Crippen LogP contribution is 2.21. The van der Waals surface area contributed by atoms with Gasteiger partial charge in [-0.05, 0) is 6.42 Å². The van der Waals surface area contributed by atoms with Crippen LogP contribution in [0, 0.1) is 0 Å². The molecule has 2 aromatic heterocycles. The van der Waals surface area contributed by atoms with Crippen LogP contribution in [-0.2, 0) is 18.3 Å². The standard InChI is InChI=1S/C12H14N4O3S/c1-3-8-9(6-15(2)14-8)16-5-4-10(17)13-12(16)20-7-11(18)19/h4-6H,3,7H2,1-2H3,(H,18,19). The number of rotatable bonds is 5. The zero-order valence-electron chi connectivity index (χ0n) is 11.1. The summed E-state index contributed by atoms with van der Waals surface area (Å²) >= 11 is 1.01. The zero-order valence-corrected chi connectivity index (χ0v) is 11.9. The van der Waals surface area contributed by atoms with Crippen LogP contribution in [-0.4, -0.2) is 36.2 Å². The first-order valence-corrected chi connectivity index (χ1v) is 6.97. The van der Waals surface area contributed by atoms with Crippen molar-refractivity contribution in [3.63, 3.8) is 0 Å². The number of carboxylic acid groups (broad SMARTS) is 1. The highest BCUT2D eigenvalue weighted by Gasteiger charge is 2.13. The van der Waals surface area contributed by atoms with Gasteiger partial charge < -0.3 is 5.11 Å². The van der Waals surface area contributed by atoms with Crippen molar-refractivity contribution in [1.82, 2.24) is 19.3 Å². The van der Waals surface area contributed by atoms with Crippen molar-refractivity contribution in [3.05, 3.63) is 34.5 Å². The van der Waals surface area contributed by atoms with E-state index in [4.69, 9.17) is 5.11 Å². The SMILES string of the molecule is CCc1nn(C)cc1-n1ccc(=O)nc1SCC(=O)O. The van der Waals surface area contributed by atoms with E-state index >= 15 is 0 Å². The molecule has 0 aliphatic carbocycles. The molecule has 0 aliphatic rings. The largest absolute Gasteiger partial charge is 0.481 e. The molecule has 2 aromatic rings. The lowest BCUT2D eigenvalue weighted by Gasteiger charge is -2.10. The Bertz CT molecular complexity index is 692. The Morgan fingerprint density at radius 2 is 2.25 bits per heavy atom. The Labute approximate surface area is 119 Å². The van der Waals surface area contributed by atoms with Gasteiger partial charge >= 0.3 is 5.97 Å². The molecule has 20 heavy (non-hydrogen) atoms. The second kappa shape index (κ2) is 5.91. The molecular formula is C12H14N4O3S. The van der Waals surface area contributed by atoms with Crippen molar-refractivity contribution in [3.8, 4) is 5.69 Å². The predicted octanol–water partition coefficient (Wildman–Crippen LogP) is 0.705. The summed E-state index contributed by atoms with van der Waals surface area (Å²) in [6, 6.07) is 1.34. The average molecular weight is 294 g/mol. The molecule has 0 bridgehead atoms. The highest BCUT2D eigenvalue weighted by molar-refractivity contribution is 7.99. The Morgan fingerprint density at radius 3 is 2.90 bits per heavy atom. The van der Waals surface area contributed by atoms with Crippen LogP contribution in [0.1, 0.15) is 12.6 Å². The third-order valence-corrected chi connectivity index (χ3v) is 3.52. The van der Waals surface area contributed by atoms with Gasteiger partial charge in [-0.25, -0.2) is 0 Å². The fourth-order valence-electron chi connectivity index (χ4n) is 1.77. The molecule has 0 atom stereocenters. The van der Waals surface area contributed by atoms with Gasteiger partial charge in [0.05, 0.1) is 17.1 Å². The number of carbonyl (C=O) groups is 1. The molecule has 0 aromatic carbocycles. The molecule has 2 heterocycles. The molecule has 0 aliphatic heterocycles. The molecule has 0 saturated heterocycles. The lowest BCUT2D eigenvalue weighted by Crippen LogP contribution is -2.13. The predicted molar refractivity (Wildman–Crippen MR) is 74.3 cm³/mol. The van der Waals surface area contributed by atoms with E-state index in [0.717, 1.165) is 29.6 Å². The summed E-state index contributed by atoms with van der Waals surface area (Å²) in [6.07, 6.45) is 4.14. The Balaban J connectivity index is 2.49. The molecule has 106 valence electrons. The van der Waals surface area contributed by atoms with Gasteiger partial charge in [0, 0.05) is 25.5 Å². The molecule has 7 nitrogen and oxygen atoms in total. The Hall–Kier alpha value is -2.09. The lowest BCUT2D eigenvalue weighted by atomic mass is 10.3. The van der Waals surface area contributed by atoms with Gasteiger partial charge in [-0.2, -0.15) is 10.1 Å². The first kappa shape index (κ1) is 14.3. The average Bonchev–Trinajstić information content (AvgIpc) is 2.77. The van der Waals surface area contributed by atoms with Gasteiger partial charge in [0.15, 0.2) is 5.16 Å². The van der Waals surface area contributed by atoms with Gasteiger partial charge in [-0.3, -0.25) is 18.8 Å². The number of aliphatic carboxylic acids is 1. The minimum Gasteiger partial charge on any atom is -0.481 e. The van der Waals surface area contributed by atoms with E-state index in [9.17, 15) is 9.59 Å². The first-order chi connectivity index (χ1) is 9.51. The van der Waals surface area contributed by atoms with Crippen molar-refractivity contribution >= 4 is 17.7 Å². The van der Waals surface area contributed by atoms with Crippen molar-refractivity contribution in [2.45, 2.75) is 18.5 Å². The molecule has 0 amide bonds. The van der Waals surface area contributed by atoms with Crippen molar-refractivity contribution in [1.29, 1.82) is 0 Å². The first-order valence-electron chi connectivity index (χ1n) is 5.98. The van der Waals surface area contributed by atoms with Gasteiger partial charge in [0.2, 0.25) is 0 Å². The monoisotopic (exact) mass is 294 g/mol. The zero-order chi connectivity index (χ0) is 14.7. The van der Waals surface area contributed by atoms with E-state index in [1.54, 1.807) is 15.4 Å². The minimum atomic E-state index is -0.957. The number of carboxylic acids is 1. The fourth-order valence-corrected chi connectivity index (χ4v) is 2.48. The molecule has 0 radical (unpaired) electrons. The Kier molecular flexibility index (Phi) is 4.23. The van der Waals surface area contributed by atoms with Crippen molar-refractivity contribution in [2.24, 2.45) is 7.05 Å². The number of hydrogen-bond donors (Lipinski definition) is 1. The van der Waals surface area contributed by atoms with Crippen LogP contribution in [0.5, 0.6) is 0 Å². The van der Waals surface area contributed by atoms with E-state index in [1.807, 2.05) is 20.2 Å². The molecule has 0 saturated carbocycles. The van der Waals surface area contributed by atoms with Crippen molar-refractivity contribution < 1.29 is 9.90 Å². The van der Waals surface area contributed by atoms with Crippen LogP contribution in [0.15, 0.2) is 28.4 Å². The summed E-state index contributed by atoms with van der Waals surface area (Å²) in [5, 5.41) is 13.4. The topological polar surface area (TPSA) is 90.0 Å². The van der Waals surface area contributed by atoms with Gasteiger partial charge in [0.25, 0.3) is 5.56 Å². The van der Waals surface area contributed by atoms with Gasteiger partial charge in [-0.1, -0.05) is 18.7 Å². The van der Waals surface area contributed by atoms with E-state index < -0.39 is 11.5 Å². The molecular weight excluding hydrogens is 280 g/mol. The quantitative estimate of drug-likeness (QED) is 0.645. The Morgan fingerprint density at radius 1 is 1.50 bits per heavy atom. The number of thioether (sulfide) groups is 1. The lowest BCUT2D eigenvalue weighted by molar-refractivity contribution is -0.133. The maximum Gasteiger partial charge on any atom is 0.313 e. The highest BCUT2D eigenvalue weighted by atomic mass is 32.2. The van der Waals surface area contributed by atoms with Crippen LogP contribution < -0.4 is 5.56 Å². The van der Waals surface area contributed by atoms with Crippen LogP contribution >= 0.6 is 11.8 Å². The van der Waals surface area contributed by atoms with Crippen LogP contribution in [0.25, 0.3) is 5.69 Å². The fraction of sp³-hybridized carbons (Fsp3) is 0.333. The van der Waals surface area contributed by atoms with E-state index in [1.165, 1.54) is 6.07 Å². The molecule has 0 unspecified atom stereocenters. The minimum absolute atomic E-state index is 0.155. The summed E-state index contributed by atoms with van der Waals surface area (Å²) in [5.41, 5.74) is 1.27. The maximum absolute atomic E-state index is 11.4. The van der Waals surface area contributed by atoms with Crippen LogP contribution in [0.3, 0.4) is 0 Å². The van der Waals surface area contributed by atoms with Crippen molar-refractivity contribution in [2.75, 3.05) is 5.75 Å². The third kappa shape index (κ3) is 3.08. The third-order valence-electron chi connectivity index (χ3n) is 2.58. The summed E-state index contributed by atoms with van der Waals surface area (Å²) < 4.78 is 3.37. The summed E-state index contributed by atoms with van der Waals surface area (Å²) in [6.45, 7) is 1.98. The normalized spacial score (nSPS) is 10.7. The van der Waals surface area contributed by atoms with E-state index in [0.29, 0.717) is 5.16 Å². The van der Waals surface area contributed by atoms with E-state index in [2.05, 4.69) is 10.1 Å². The molecule has 8 heteroatoms. The maximum atomic E-state index is 11.4. The second-order valence-corrected chi connectivity index (χ2v) is 5.03. The number of hydrogen-bond acceptors (Lipinski definition) is 5. The van der Waals surface area contributed by atoms with E-state index in [-0.39, 0.29) is 5.75 Å². The van der Waals surface area contributed by atoms with Gasteiger partial charge in [0.1, 0.15) is 0 Å². The molecule has 0 spiro atoms. The molecule has 1 N–H and O–H groups in total. The number of aromatic nitrogens is 4.